The minimum absolute atomic E-state index is 0.0544. The number of benzene rings is 1. The third-order valence-electron chi connectivity index (χ3n) is 4.49. The van der Waals surface area contributed by atoms with Gasteiger partial charge in [0.05, 0.1) is 17.8 Å². The summed E-state index contributed by atoms with van der Waals surface area (Å²) in [6.45, 7) is 0. The van der Waals surface area contributed by atoms with Crippen LogP contribution >= 0.6 is 0 Å². The Labute approximate surface area is 145 Å². The topological polar surface area (TPSA) is 72.7 Å². The standard InChI is InChI=1S/C19H19N5O/c1-24-12-14(10-21-24)19(25)23-17-9-5-8-16-15(17)11-20-18(22-16)13-6-3-2-4-7-13/h2-4,6-7,10-12,17H,5,8-9H2,1H3,(H,23,25). The van der Waals surface area contributed by atoms with Gasteiger partial charge >= 0.3 is 0 Å². The van der Waals surface area contributed by atoms with Crippen molar-refractivity contribution in [1.82, 2.24) is 25.1 Å². The smallest absolute Gasteiger partial charge is 0.254 e. The Morgan fingerprint density at radius 2 is 2.08 bits per heavy atom. The van der Waals surface area contributed by atoms with Crippen LogP contribution in [0, 0.1) is 0 Å². The second kappa shape index (κ2) is 6.47. The molecular weight excluding hydrogens is 314 g/mol. The van der Waals surface area contributed by atoms with Crippen molar-refractivity contribution in [3.63, 3.8) is 0 Å². The Kier molecular flexibility index (Phi) is 4.01. The maximum atomic E-state index is 12.4. The fourth-order valence-corrected chi connectivity index (χ4v) is 3.20. The van der Waals surface area contributed by atoms with Crippen molar-refractivity contribution >= 4 is 5.91 Å². The first-order chi connectivity index (χ1) is 12.2. The van der Waals surface area contributed by atoms with Crippen LogP contribution in [0.2, 0.25) is 0 Å². The molecule has 2 aromatic heterocycles. The molecule has 0 radical (unpaired) electrons. The lowest BCUT2D eigenvalue weighted by molar-refractivity contribution is 0.0932. The van der Waals surface area contributed by atoms with E-state index in [0.717, 1.165) is 41.9 Å². The highest BCUT2D eigenvalue weighted by molar-refractivity contribution is 5.94. The summed E-state index contributed by atoms with van der Waals surface area (Å²) in [4.78, 5) is 21.7. The van der Waals surface area contributed by atoms with Gasteiger partial charge in [0.2, 0.25) is 0 Å². The van der Waals surface area contributed by atoms with Crippen LogP contribution in [0.25, 0.3) is 11.4 Å². The molecule has 126 valence electrons. The summed E-state index contributed by atoms with van der Waals surface area (Å²) in [6, 6.07) is 9.90. The molecular formula is C19H19N5O. The molecule has 1 aliphatic carbocycles. The van der Waals surface area contributed by atoms with Crippen LogP contribution in [0.3, 0.4) is 0 Å². The zero-order chi connectivity index (χ0) is 17.2. The molecule has 0 aliphatic heterocycles. The van der Waals surface area contributed by atoms with Crippen molar-refractivity contribution in [2.75, 3.05) is 0 Å². The summed E-state index contributed by atoms with van der Waals surface area (Å²) in [5.41, 5.74) is 3.61. The number of rotatable bonds is 3. The number of carbonyl (C=O) groups is 1. The molecule has 6 heteroatoms. The molecule has 4 rings (SSSR count). The Morgan fingerprint density at radius 1 is 1.24 bits per heavy atom. The summed E-state index contributed by atoms with van der Waals surface area (Å²) in [5.74, 6) is 0.622. The summed E-state index contributed by atoms with van der Waals surface area (Å²) >= 11 is 0. The predicted molar refractivity (Wildman–Crippen MR) is 93.8 cm³/mol. The van der Waals surface area contributed by atoms with Crippen LogP contribution in [0.5, 0.6) is 0 Å². The number of aryl methyl sites for hydroxylation is 2. The first-order valence-electron chi connectivity index (χ1n) is 8.41. The molecule has 0 fully saturated rings. The lowest BCUT2D eigenvalue weighted by atomic mass is 9.92. The number of aromatic nitrogens is 4. The minimum Gasteiger partial charge on any atom is -0.345 e. The molecule has 0 bridgehead atoms. The Hall–Kier alpha value is -3.02. The van der Waals surface area contributed by atoms with Gasteiger partial charge in [0.1, 0.15) is 0 Å². The lowest BCUT2D eigenvalue weighted by Crippen LogP contribution is -2.31. The van der Waals surface area contributed by atoms with Crippen molar-refractivity contribution < 1.29 is 4.79 Å². The van der Waals surface area contributed by atoms with Gasteiger partial charge in [0.25, 0.3) is 5.91 Å². The van der Waals surface area contributed by atoms with E-state index >= 15 is 0 Å². The van der Waals surface area contributed by atoms with Gasteiger partial charge in [-0.2, -0.15) is 5.10 Å². The van der Waals surface area contributed by atoms with Crippen molar-refractivity contribution in [3.8, 4) is 11.4 Å². The highest BCUT2D eigenvalue weighted by atomic mass is 16.1. The monoisotopic (exact) mass is 333 g/mol. The molecule has 0 saturated heterocycles. The number of fused-ring (bicyclic) bond motifs is 1. The number of carbonyl (C=O) groups excluding carboxylic acids is 1. The van der Waals surface area contributed by atoms with Gasteiger partial charge in [-0.05, 0) is 19.3 Å². The van der Waals surface area contributed by atoms with Crippen LogP contribution < -0.4 is 5.32 Å². The molecule has 1 amide bonds. The fraction of sp³-hybridized carbons (Fsp3) is 0.263. The van der Waals surface area contributed by atoms with Crippen LogP contribution in [-0.4, -0.2) is 25.7 Å². The van der Waals surface area contributed by atoms with E-state index in [9.17, 15) is 4.79 Å². The van der Waals surface area contributed by atoms with Crippen LogP contribution in [0.15, 0.2) is 48.9 Å². The largest absolute Gasteiger partial charge is 0.345 e. The Bertz CT molecular complexity index is 903. The molecule has 1 aliphatic rings. The van der Waals surface area contributed by atoms with Crippen molar-refractivity contribution in [3.05, 3.63) is 65.7 Å². The van der Waals surface area contributed by atoms with Crippen molar-refractivity contribution in [1.29, 1.82) is 0 Å². The minimum atomic E-state index is -0.113. The van der Waals surface area contributed by atoms with Gasteiger partial charge in [-0.25, -0.2) is 9.97 Å². The predicted octanol–water partition coefficient (Wildman–Crippen LogP) is 2.68. The maximum absolute atomic E-state index is 12.4. The second-order valence-electron chi connectivity index (χ2n) is 6.28. The molecule has 3 aromatic rings. The van der Waals surface area contributed by atoms with Crippen LogP contribution in [-0.2, 0) is 13.5 Å². The number of nitrogens with one attached hydrogen (secondary N) is 1. The van der Waals surface area contributed by atoms with Gasteiger partial charge in [-0.3, -0.25) is 9.48 Å². The maximum Gasteiger partial charge on any atom is 0.254 e. The Balaban J connectivity index is 1.59. The van der Waals surface area contributed by atoms with E-state index in [1.54, 1.807) is 24.1 Å². The molecule has 1 unspecified atom stereocenters. The zero-order valence-corrected chi connectivity index (χ0v) is 14.0. The average molecular weight is 333 g/mol. The highest BCUT2D eigenvalue weighted by Crippen LogP contribution is 2.29. The molecule has 1 atom stereocenters. The van der Waals surface area contributed by atoms with Crippen molar-refractivity contribution in [2.45, 2.75) is 25.3 Å². The van der Waals surface area contributed by atoms with E-state index < -0.39 is 0 Å². The number of nitrogens with zero attached hydrogens (tertiary/aromatic N) is 4. The third-order valence-corrected chi connectivity index (χ3v) is 4.49. The number of amides is 1. The Morgan fingerprint density at radius 3 is 2.84 bits per heavy atom. The molecule has 2 heterocycles. The van der Waals surface area contributed by atoms with E-state index in [2.05, 4.69) is 15.4 Å². The van der Waals surface area contributed by atoms with Gasteiger partial charge in [-0.15, -0.1) is 0 Å². The van der Waals surface area contributed by atoms with Gasteiger partial charge in [-0.1, -0.05) is 30.3 Å². The summed E-state index contributed by atoms with van der Waals surface area (Å²) in [6.07, 6.45) is 7.96. The quantitative estimate of drug-likeness (QED) is 0.800. The van der Waals surface area contributed by atoms with E-state index in [1.165, 1.54) is 0 Å². The summed E-state index contributed by atoms with van der Waals surface area (Å²) < 4.78 is 1.62. The van der Waals surface area contributed by atoms with E-state index in [1.807, 2.05) is 36.5 Å². The molecule has 1 N–H and O–H groups in total. The summed E-state index contributed by atoms with van der Waals surface area (Å²) in [5, 5.41) is 7.14. The normalized spacial score (nSPS) is 16.3. The molecule has 0 spiro atoms. The molecule has 25 heavy (non-hydrogen) atoms. The van der Waals surface area contributed by atoms with Crippen LogP contribution in [0.1, 0.15) is 40.5 Å². The average Bonchev–Trinajstić information content (AvgIpc) is 3.09. The van der Waals surface area contributed by atoms with E-state index in [4.69, 9.17) is 4.98 Å². The molecule has 1 aromatic carbocycles. The highest BCUT2D eigenvalue weighted by Gasteiger charge is 2.24. The van der Waals surface area contributed by atoms with Crippen LogP contribution in [0.4, 0.5) is 0 Å². The number of hydrogen-bond donors (Lipinski definition) is 1. The van der Waals surface area contributed by atoms with Gasteiger partial charge in [0.15, 0.2) is 5.82 Å². The zero-order valence-electron chi connectivity index (χ0n) is 14.0. The third kappa shape index (κ3) is 3.15. The van der Waals surface area contributed by atoms with Gasteiger partial charge in [0, 0.05) is 36.3 Å². The lowest BCUT2D eigenvalue weighted by Gasteiger charge is -2.25. The molecule has 0 saturated carbocycles. The van der Waals surface area contributed by atoms with Crippen molar-refractivity contribution in [2.24, 2.45) is 7.05 Å². The summed E-state index contributed by atoms with van der Waals surface area (Å²) in [7, 11) is 1.80. The molecule has 6 nitrogen and oxygen atoms in total. The second-order valence-corrected chi connectivity index (χ2v) is 6.28. The first kappa shape index (κ1) is 15.5. The SMILES string of the molecule is Cn1cc(C(=O)NC2CCCc3nc(-c4ccccc4)ncc32)cn1. The first-order valence-corrected chi connectivity index (χ1v) is 8.41. The van der Waals surface area contributed by atoms with Gasteiger partial charge < -0.3 is 5.32 Å². The van der Waals surface area contributed by atoms with E-state index in [0.29, 0.717) is 5.56 Å². The van der Waals surface area contributed by atoms with E-state index in [-0.39, 0.29) is 11.9 Å². The fourth-order valence-electron chi connectivity index (χ4n) is 3.20. The number of hydrogen-bond acceptors (Lipinski definition) is 4.